The van der Waals surface area contributed by atoms with E-state index in [0.29, 0.717) is 11.4 Å². The van der Waals surface area contributed by atoms with Gasteiger partial charge in [-0.05, 0) is 34.7 Å². The fraction of sp³-hybridized carbons (Fsp3) is 0.417. The molecule has 16 heavy (non-hydrogen) atoms. The van der Waals surface area contributed by atoms with Crippen molar-refractivity contribution in [1.82, 2.24) is 0 Å². The molecule has 4 heteroatoms. The second-order valence-electron chi connectivity index (χ2n) is 4.56. The number of amides is 1. The summed E-state index contributed by atoms with van der Waals surface area (Å²) in [5.74, 6) is 0.599. The molecular formula is C12H16ClNO2. The van der Waals surface area contributed by atoms with Gasteiger partial charge in [-0.1, -0.05) is 26.8 Å². The standard InChI is InChI=1S/C12H16ClNO2/c1-12(2,3)8-5-6-10(16-4)9(7-8)14-11(13)15/h5-7H,1-4H3,(H,14,15). The molecular weight excluding hydrogens is 226 g/mol. The Hall–Kier alpha value is -1.22. The summed E-state index contributed by atoms with van der Waals surface area (Å²) in [7, 11) is 1.55. The molecule has 0 bridgehead atoms. The van der Waals surface area contributed by atoms with Gasteiger partial charge in [0.15, 0.2) is 0 Å². The highest BCUT2D eigenvalue weighted by Crippen LogP contribution is 2.31. The maximum atomic E-state index is 10.8. The lowest BCUT2D eigenvalue weighted by Crippen LogP contribution is -2.12. The van der Waals surface area contributed by atoms with E-state index in [2.05, 4.69) is 26.1 Å². The number of rotatable bonds is 2. The van der Waals surface area contributed by atoms with Crippen LogP contribution in [0.5, 0.6) is 5.75 Å². The summed E-state index contributed by atoms with van der Waals surface area (Å²) in [6.45, 7) is 6.29. The Morgan fingerprint density at radius 1 is 1.38 bits per heavy atom. The first-order chi connectivity index (χ1) is 7.34. The van der Waals surface area contributed by atoms with Crippen molar-refractivity contribution < 1.29 is 9.53 Å². The van der Waals surface area contributed by atoms with Crippen molar-refractivity contribution in [3.63, 3.8) is 0 Å². The number of anilines is 1. The van der Waals surface area contributed by atoms with Crippen LogP contribution in [-0.2, 0) is 5.41 Å². The van der Waals surface area contributed by atoms with E-state index in [-0.39, 0.29) is 5.41 Å². The van der Waals surface area contributed by atoms with Crippen molar-refractivity contribution in [2.75, 3.05) is 12.4 Å². The summed E-state index contributed by atoms with van der Waals surface area (Å²) in [5.41, 5.74) is 1.71. The lowest BCUT2D eigenvalue weighted by atomic mass is 9.87. The Balaban J connectivity index is 3.16. The molecule has 0 aliphatic heterocycles. The van der Waals surface area contributed by atoms with Crippen LogP contribution in [-0.4, -0.2) is 12.5 Å². The molecule has 1 amide bonds. The highest BCUT2D eigenvalue weighted by molar-refractivity contribution is 6.65. The van der Waals surface area contributed by atoms with Gasteiger partial charge in [0.25, 0.3) is 0 Å². The molecule has 0 aliphatic carbocycles. The zero-order valence-electron chi connectivity index (χ0n) is 9.93. The third-order valence-electron chi connectivity index (χ3n) is 2.30. The van der Waals surface area contributed by atoms with Crippen LogP contribution < -0.4 is 10.1 Å². The predicted octanol–water partition coefficient (Wildman–Crippen LogP) is 3.76. The summed E-state index contributed by atoms with van der Waals surface area (Å²) in [6, 6.07) is 5.67. The van der Waals surface area contributed by atoms with Gasteiger partial charge in [0.1, 0.15) is 5.75 Å². The van der Waals surface area contributed by atoms with Crippen LogP contribution in [0, 0.1) is 0 Å². The van der Waals surface area contributed by atoms with Gasteiger partial charge in [0.05, 0.1) is 12.8 Å². The van der Waals surface area contributed by atoms with E-state index in [1.165, 1.54) is 0 Å². The highest BCUT2D eigenvalue weighted by atomic mass is 35.5. The second kappa shape index (κ2) is 4.74. The number of carbonyl (C=O) groups excluding carboxylic acids is 1. The Labute approximate surface area is 101 Å². The monoisotopic (exact) mass is 241 g/mol. The van der Waals surface area contributed by atoms with Gasteiger partial charge >= 0.3 is 5.37 Å². The molecule has 0 saturated heterocycles. The van der Waals surface area contributed by atoms with E-state index in [0.717, 1.165) is 5.56 Å². The largest absolute Gasteiger partial charge is 0.495 e. The lowest BCUT2D eigenvalue weighted by Gasteiger charge is -2.20. The number of ether oxygens (including phenoxy) is 1. The maximum Gasteiger partial charge on any atom is 0.318 e. The number of hydrogen-bond donors (Lipinski definition) is 1. The van der Waals surface area contributed by atoms with Crippen molar-refractivity contribution in [3.05, 3.63) is 23.8 Å². The molecule has 1 aromatic carbocycles. The zero-order valence-corrected chi connectivity index (χ0v) is 10.7. The number of nitrogens with one attached hydrogen (secondary N) is 1. The molecule has 88 valence electrons. The Morgan fingerprint density at radius 2 is 2.00 bits per heavy atom. The van der Waals surface area contributed by atoms with Crippen molar-refractivity contribution in [2.24, 2.45) is 0 Å². The Morgan fingerprint density at radius 3 is 2.44 bits per heavy atom. The third-order valence-corrected chi connectivity index (χ3v) is 2.39. The molecule has 1 aromatic rings. The van der Waals surface area contributed by atoms with E-state index in [1.54, 1.807) is 7.11 Å². The number of halogens is 1. The van der Waals surface area contributed by atoms with Crippen LogP contribution >= 0.6 is 11.6 Å². The SMILES string of the molecule is COc1ccc(C(C)(C)C)cc1NC(=O)Cl. The average molecular weight is 242 g/mol. The summed E-state index contributed by atoms with van der Waals surface area (Å²) >= 11 is 5.30. The summed E-state index contributed by atoms with van der Waals surface area (Å²) in [6.07, 6.45) is 0. The summed E-state index contributed by atoms with van der Waals surface area (Å²) in [4.78, 5) is 10.8. The van der Waals surface area contributed by atoms with Gasteiger partial charge in [0, 0.05) is 0 Å². The summed E-state index contributed by atoms with van der Waals surface area (Å²) < 4.78 is 5.14. The van der Waals surface area contributed by atoms with E-state index in [1.807, 2.05) is 18.2 Å². The molecule has 3 nitrogen and oxygen atoms in total. The predicted molar refractivity (Wildman–Crippen MR) is 66.6 cm³/mol. The average Bonchev–Trinajstić information content (AvgIpc) is 2.15. The quantitative estimate of drug-likeness (QED) is 0.632. The van der Waals surface area contributed by atoms with Crippen molar-refractivity contribution in [2.45, 2.75) is 26.2 Å². The van der Waals surface area contributed by atoms with Crippen LogP contribution in [0.25, 0.3) is 0 Å². The van der Waals surface area contributed by atoms with Crippen LogP contribution in [0.15, 0.2) is 18.2 Å². The normalized spacial score (nSPS) is 11.1. The molecule has 1 N–H and O–H groups in total. The number of carbonyl (C=O) groups is 1. The first kappa shape index (κ1) is 12.8. The van der Waals surface area contributed by atoms with Gasteiger partial charge < -0.3 is 10.1 Å². The first-order valence-corrected chi connectivity index (χ1v) is 5.37. The van der Waals surface area contributed by atoms with Gasteiger partial charge in [-0.3, -0.25) is 4.79 Å². The van der Waals surface area contributed by atoms with Crippen molar-refractivity contribution in [1.29, 1.82) is 0 Å². The van der Waals surface area contributed by atoms with Crippen molar-refractivity contribution in [3.8, 4) is 5.75 Å². The molecule has 0 fully saturated rings. The van der Waals surface area contributed by atoms with Gasteiger partial charge in [-0.2, -0.15) is 0 Å². The Kier molecular flexibility index (Phi) is 3.81. The molecule has 0 spiro atoms. The molecule has 0 heterocycles. The lowest BCUT2D eigenvalue weighted by molar-refractivity contribution is 0.268. The smallest absolute Gasteiger partial charge is 0.318 e. The molecule has 0 atom stereocenters. The Bertz CT molecular complexity index is 396. The minimum Gasteiger partial charge on any atom is -0.495 e. The minimum atomic E-state index is -0.621. The van der Waals surface area contributed by atoms with E-state index < -0.39 is 5.37 Å². The third kappa shape index (κ3) is 3.14. The molecule has 1 rings (SSSR count). The molecule has 0 aromatic heterocycles. The second-order valence-corrected chi connectivity index (χ2v) is 4.91. The fourth-order valence-corrected chi connectivity index (χ4v) is 1.48. The zero-order chi connectivity index (χ0) is 12.3. The topological polar surface area (TPSA) is 38.3 Å². The van der Waals surface area contributed by atoms with Gasteiger partial charge in [-0.25, -0.2) is 0 Å². The number of methoxy groups -OCH3 is 1. The molecule has 0 aliphatic rings. The van der Waals surface area contributed by atoms with Gasteiger partial charge in [-0.15, -0.1) is 0 Å². The maximum absolute atomic E-state index is 10.8. The van der Waals surface area contributed by atoms with Crippen LogP contribution in [0.1, 0.15) is 26.3 Å². The van der Waals surface area contributed by atoms with E-state index >= 15 is 0 Å². The van der Waals surface area contributed by atoms with Crippen LogP contribution in [0.4, 0.5) is 10.5 Å². The summed E-state index contributed by atoms with van der Waals surface area (Å²) in [5, 5.41) is 1.92. The van der Waals surface area contributed by atoms with E-state index in [9.17, 15) is 4.79 Å². The molecule has 0 saturated carbocycles. The first-order valence-electron chi connectivity index (χ1n) is 4.99. The van der Waals surface area contributed by atoms with E-state index in [4.69, 9.17) is 16.3 Å². The highest BCUT2D eigenvalue weighted by Gasteiger charge is 2.16. The number of benzene rings is 1. The molecule has 0 radical (unpaired) electrons. The van der Waals surface area contributed by atoms with Gasteiger partial charge in [0.2, 0.25) is 0 Å². The number of hydrogen-bond acceptors (Lipinski definition) is 2. The van der Waals surface area contributed by atoms with Crippen molar-refractivity contribution >= 4 is 22.7 Å². The fourth-order valence-electron chi connectivity index (χ4n) is 1.38. The molecule has 0 unspecified atom stereocenters. The van der Waals surface area contributed by atoms with Crippen LogP contribution in [0.3, 0.4) is 0 Å². The van der Waals surface area contributed by atoms with Crippen LogP contribution in [0.2, 0.25) is 0 Å². The minimum absolute atomic E-state index is 0.0120.